The van der Waals surface area contributed by atoms with Crippen LogP contribution in [0, 0.1) is 5.82 Å². The maximum absolute atomic E-state index is 13.3. The number of carbonyl (C=O) groups is 3. The zero-order valence-electron chi connectivity index (χ0n) is 21.4. The van der Waals surface area contributed by atoms with Crippen molar-refractivity contribution in [3.8, 4) is 5.75 Å². The number of thioether (sulfide) groups is 1. The Hall–Kier alpha value is -4.58. The van der Waals surface area contributed by atoms with E-state index in [9.17, 15) is 31.9 Å². The highest BCUT2D eigenvalue weighted by atomic mass is 32.2. The number of fused-ring (bicyclic) bond motifs is 1. The van der Waals surface area contributed by atoms with Gasteiger partial charge in [0.25, 0.3) is 11.1 Å². The summed E-state index contributed by atoms with van der Waals surface area (Å²) in [6.07, 6.45) is -1.28. The summed E-state index contributed by atoms with van der Waals surface area (Å²) in [7, 11) is 1.23. The summed E-state index contributed by atoms with van der Waals surface area (Å²) in [5.41, 5.74) is 1.13. The first kappa shape index (κ1) is 28.0. The Kier molecular flexibility index (Phi) is 7.59. The Balaban J connectivity index is 1.36. The van der Waals surface area contributed by atoms with Crippen molar-refractivity contribution < 1.29 is 36.7 Å². The monoisotopic (exact) mass is 583 g/mol. The quantitative estimate of drug-likeness (QED) is 0.198. The standard InChI is InChI=1S/C29H21F4N3O4S/c1-40-24-11-8-19(29(31,32)33)13-22(24)34-26(37)16-36-27(38)25(41-28(36)39)12-18-15-35(23-5-3-2-4-21(18)23)14-17-6-9-20(30)10-7-17/h2-13,15H,14,16H2,1H3,(H,34,37)/b25-12-. The van der Waals surface area contributed by atoms with Gasteiger partial charge in [-0.2, -0.15) is 13.2 Å². The molecule has 7 nitrogen and oxygen atoms in total. The minimum absolute atomic E-state index is 0.0163. The molecule has 210 valence electrons. The molecule has 4 aromatic rings. The molecule has 0 aliphatic carbocycles. The summed E-state index contributed by atoms with van der Waals surface area (Å²) in [5.74, 6) is -1.94. The molecule has 1 aromatic heterocycles. The summed E-state index contributed by atoms with van der Waals surface area (Å²) in [4.78, 5) is 39.3. The van der Waals surface area contributed by atoms with Gasteiger partial charge in [-0.3, -0.25) is 19.3 Å². The van der Waals surface area contributed by atoms with Crippen LogP contribution in [0.15, 0.2) is 77.8 Å². The van der Waals surface area contributed by atoms with Crippen LogP contribution in [0.5, 0.6) is 5.75 Å². The number of aromatic nitrogens is 1. The Labute approximate surface area is 235 Å². The van der Waals surface area contributed by atoms with Gasteiger partial charge in [0.05, 0.1) is 23.3 Å². The van der Waals surface area contributed by atoms with Crippen LogP contribution in [0.3, 0.4) is 0 Å². The number of ether oxygens (including phenoxy) is 1. The van der Waals surface area contributed by atoms with Gasteiger partial charge < -0.3 is 14.6 Å². The fourth-order valence-corrected chi connectivity index (χ4v) is 5.23. The molecule has 0 saturated carbocycles. The molecule has 1 N–H and O–H groups in total. The molecule has 2 heterocycles. The lowest BCUT2D eigenvalue weighted by atomic mass is 10.1. The zero-order valence-corrected chi connectivity index (χ0v) is 22.2. The number of anilines is 1. The smallest absolute Gasteiger partial charge is 0.416 e. The Morgan fingerprint density at radius 2 is 1.78 bits per heavy atom. The lowest BCUT2D eigenvalue weighted by molar-refractivity contribution is -0.137. The van der Waals surface area contributed by atoms with Crippen molar-refractivity contribution in [2.24, 2.45) is 0 Å². The SMILES string of the molecule is COc1ccc(C(F)(F)F)cc1NC(=O)CN1C(=O)S/C(=C\c2cn(Cc3ccc(F)cc3)c3ccccc23)C1=O. The van der Waals surface area contributed by atoms with Gasteiger partial charge in [0.1, 0.15) is 18.1 Å². The first-order valence-electron chi connectivity index (χ1n) is 12.2. The Morgan fingerprint density at radius 1 is 1.05 bits per heavy atom. The number of nitrogens with zero attached hydrogens (tertiary/aromatic N) is 2. The average Bonchev–Trinajstić information content (AvgIpc) is 3.41. The van der Waals surface area contributed by atoms with Crippen LogP contribution in [0.2, 0.25) is 0 Å². The summed E-state index contributed by atoms with van der Waals surface area (Å²) in [6.45, 7) is -0.261. The van der Waals surface area contributed by atoms with Crippen molar-refractivity contribution in [2.75, 3.05) is 19.0 Å². The minimum atomic E-state index is -4.65. The predicted octanol–water partition coefficient (Wildman–Crippen LogP) is 6.53. The Morgan fingerprint density at radius 3 is 2.49 bits per heavy atom. The third-order valence-corrected chi connectivity index (χ3v) is 7.26. The van der Waals surface area contributed by atoms with Crippen molar-refractivity contribution >= 4 is 51.5 Å². The van der Waals surface area contributed by atoms with E-state index in [0.717, 1.165) is 33.5 Å². The number of nitrogens with one attached hydrogen (secondary N) is 1. The second-order valence-corrected chi connectivity index (χ2v) is 10.1. The number of carbonyl (C=O) groups excluding carboxylic acids is 3. The second kappa shape index (κ2) is 11.1. The average molecular weight is 584 g/mol. The van der Waals surface area contributed by atoms with E-state index >= 15 is 0 Å². The first-order valence-corrected chi connectivity index (χ1v) is 13.0. The van der Waals surface area contributed by atoms with Crippen molar-refractivity contribution in [1.29, 1.82) is 0 Å². The molecule has 12 heteroatoms. The molecule has 0 atom stereocenters. The number of alkyl halides is 3. The summed E-state index contributed by atoms with van der Waals surface area (Å²) in [5, 5.41) is 2.42. The molecule has 41 heavy (non-hydrogen) atoms. The molecule has 3 amide bonds. The van der Waals surface area contributed by atoms with E-state index in [1.54, 1.807) is 18.2 Å². The van der Waals surface area contributed by atoms with Crippen LogP contribution >= 0.6 is 11.8 Å². The van der Waals surface area contributed by atoms with E-state index in [2.05, 4.69) is 5.32 Å². The maximum Gasteiger partial charge on any atom is 0.416 e. The van der Waals surface area contributed by atoms with Gasteiger partial charge in [-0.15, -0.1) is 0 Å². The highest BCUT2D eigenvalue weighted by molar-refractivity contribution is 8.18. The van der Waals surface area contributed by atoms with Gasteiger partial charge in [-0.05, 0) is 59.8 Å². The summed E-state index contributed by atoms with van der Waals surface area (Å²) >= 11 is 0.656. The largest absolute Gasteiger partial charge is 0.495 e. The topological polar surface area (TPSA) is 80.6 Å². The highest BCUT2D eigenvalue weighted by Crippen LogP contribution is 2.36. The molecule has 0 spiro atoms. The zero-order chi connectivity index (χ0) is 29.3. The van der Waals surface area contributed by atoms with Gasteiger partial charge in [-0.25, -0.2) is 4.39 Å². The summed E-state index contributed by atoms with van der Waals surface area (Å²) in [6, 6.07) is 16.1. The molecule has 1 aliphatic rings. The molecule has 0 radical (unpaired) electrons. The van der Waals surface area contributed by atoms with Crippen molar-refractivity contribution in [3.63, 3.8) is 0 Å². The molecule has 1 fully saturated rings. The van der Waals surface area contributed by atoms with Crippen LogP contribution in [-0.4, -0.2) is 40.2 Å². The molecule has 1 saturated heterocycles. The fourth-order valence-electron chi connectivity index (χ4n) is 4.40. The van der Waals surface area contributed by atoms with E-state index in [4.69, 9.17) is 4.74 Å². The molecular formula is C29H21F4N3O4S. The van der Waals surface area contributed by atoms with Crippen LogP contribution in [0.4, 0.5) is 28.0 Å². The van der Waals surface area contributed by atoms with Gasteiger partial charge in [0.2, 0.25) is 5.91 Å². The van der Waals surface area contributed by atoms with Crippen molar-refractivity contribution in [3.05, 3.63) is 100 Å². The van der Waals surface area contributed by atoms with Crippen LogP contribution in [-0.2, 0) is 22.3 Å². The third-order valence-electron chi connectivity index (χ3n) is 6.35. The molecule has 1 aliphatic heterocycles. The van der Waals surface area contributed by atoms with E-state index in [1.165, 1.54) is 19.2 Å². The van der Waals surface area contributed by atoms with E-state index in [-0.39, 0.29) is 22.2 Å². The van der Waals surface area contributed by atoms with E-state index in [0.29, 0.717) is 29.9 Å². The number of para-hydroxylation sites is 1. The number of hydrogen-bond acceptors (Lipinski definition) is 5. The molecule has 0 bridgehead atoms. The number of rotatable bonds is 7. The molecule has 5 rings (SSSR count). The number of benzene rings is 3. The molecule has 0 unspecified atom stereocenters. The van der Waals surface area contributed by atoms with Crippen molar-refractivity contribution in [1.82, 2.24) is 9.47 Å². The van der Waals surface area contributed by atoms with Gasteiger partial charge in [0.15, 0.2) is 0 Å². The maximum atomic E-state index is 13.3. The van der Waals surface area contributed by atoms with Crippen molar-refractivity contribution in [2.45, 2.75) is 12.7 Å². The normalized spacial score (nSPS) is 14.8. The number of hydrogen-bond donors (Lipinski definition) is 1. The van der Waals surface area contributed by atoms with E-state index in [1.807, 2.05) is 35.0 Å². The summed E-state index contributed by atoms with van der Waals surface area (Å²) < 4.78 is 59.7. The van der Waals surface area contributed by atoms with Gasteiger partial charge in [0, 0.05) is 29.2 Å². The predicted molar refractivity (Wildman–Crippen MR) is 147 cm³/mol. The fraction of sp³-hybridized carbons (Fsp3) is 0.138. The van der Waals surface area contributed by atoms with Crippen LogP contribution < -0.4 is 10.1 Å². The molecule has 3 aromatic carbocycles. The highest BCUT2D eigenvalue weighted by Gasteiger charge is 2.37. The first-order chi connectivity index (χ1) is 19.5. The Bertz CT molecular complexity index is 1700. The van der Waals surface area contributed by atoms with Crippen LogP contribution in [0.25, 0.3) is 17.0 Å². The van der Waals surface area contributed by atoms with Gasteiger partial charge >= 0.3 is 6.18 Å². The second-order valence-electron chi connectivity index (χ2n) is 9.08. The van der Waals surface area contributed by atoms with Gasteiger partial charge in [-0.1, -0.05) is 30.3 Å². The number of methoxy groups -OCH3 is 1. The van der Waals surface area contributed by atoms with E-state index < -0.39 is 35.3 Å². The minimum Gasteiger partial charge on any atom is -0.495 e. The number of amides is 3. The lowest BCUT2D eigenvalue weighted by Crippen LogP contribution is -2.36. The molecular weight excluding hydrogens is 562 g/mol. The number of halogens is 4. The lowest BCUT2D eigenvalue weighted by Gasteiger charge is -2.16. The third kappa shape index (κ3) is 5.97. The number of imide groups is 1. The van der Waals surface area contributed by atoms with Crippen LogP contribution in [0.1, 0.15) is 16.7 Å².